The molecule has 0 aliphatic heterocycles. The van der Waals surface area contributed by atoms with Crippen LogP contribution < -0.4 is 5.32 Å². The standard InChI is InChI=1S/C12H16N2O4/c1-3-9(7-15)13-12(16)10-6-4-5-8(2)11(10)14(17)18/h4-6,9,15H,3,7H2,1-2H3,(H,13,16). The summed E-state index contributed by atoms with van der Waals surface area (Å²) in [5.74, 6) is -0.536. The topological polar surface area (TPSA) is 92.5 Å². The van der Waals surface area contributed by atoms with Crippen LogP contribution in [-0.2, 0) is 0 Å². The molecule has 0 saturated carbocycles. The molecule has 1 amide bonds. The normalized spacial score (nSPS) is 11.9. The third-order valence-electron chi connectivity index (χ3n) is 2.71. The van der Waals surface area contributed by atoms with E-state index in [1.165, 1.54) is 6.07 Å². The van der Waals surface area contributed by atoms with Crippen molar-refractivity contribution in [2.24, 2.45) is 0 Å². The van der Waals surface area contributed by atoms with Gasteiger partial charge in [-0.1, -0.05) is 19.1 Å². The first-order valence-electron chi connectivity index (χ1n) is 5.67. The number of nitrogens with zero attached hydrogens (tertiary/aromatic N) is 1. The molecule has 98 valence electrons. The van der Waals surface area contributed by atoms with Crippen LogP contribution in [0, 0.1) is 17.0 Å². The van der Waals surface area contributed by atoms with Crippen molar-refractivity contribution >= 4 is 11.6 Å². The van der Waals surface area contributed by atoms with E-state index in [0.29, 0.717) is 12.0 Å². The van der Waals surface area contributed by atoms with Crippen LogP contribution in [0.3, 0.4) is 0 Å². The Labute approximate surface area is 105 Å². The van der Waals surface area contributed by atoms with E-state index in [1.807, 2.05) is 6.92 Å². The van der Waals surface area contributed by atoms with Crippen LogP contribution in [0.15, 0.2) is 18.2 Å². The zero-order valence-electron chi connectivity index (χ0n) is 10.3. The summed E-state index contributed by atoms with van der Waals surface area (Å²) < 4.78 is 0. The number of aliphatic hydroxyl groups excluding tert-OH is 1. The largest absolute Gasteiger partial charge is 0.394 e. The fraction of sp³-hybridized carbons (Fsp3) is 0.417. The van der Waals surface area contributed by atoms with E-state index in [0.717, 1.165) is 0 Å². The lowest BCUT2D eigenvalue weighted by atomic mass is 10.1. The number of hydrogen-bond donors (Lipinski definition) is 2. The zero-order valence-corrected chi connectivity index (χ0v) is 10.3. The molecule has 0 saturated heterocycles. The maximum atomic E-state index is 11.9. The summed E-state index contributed by atoms with van der Waals surface area (Å²) in [4.78, 5) is 22.3. The summed E-state index contributed by atoms with van der Waals surface area (Å²) in [5.41, 5.74) is 0.263. The van der Waals surface area contributed by atoms with Crippen LogP contribution >= 0.6 is 0 Å². The van der Waals surface area contributed by atoms with E-state index in [4.69, 9.17) is 5.11 Å². The molecule has 1 atom stereocenters. The van der Waals surface area contributed by atoms with E-state index in [-0.39, 0.29) is 17.9 Å². The minimum absolute atomic E-state index is 0.0203. The maximum Gasteiger partial charge on any atom is 0.285 e. The molecule has 0 heterocycles. The molecular weight excluding hydrogens is 236 g/mol. The van der Waals surface area contributed by atoms with Crippen molar-refractivity contribution in [3.8, 4) is 0 Å². The zero-order chi connectivity index (χ0) is 13.7. The van der Waals surface area contributed by atoms with Gasteiger partial charge < -0.3 is 10.4 Å². The van der Waals surface area contributed by atoms with Crippen molar-refractivity contribution in [2.45, 2.75) is 26.3 Å². The lowest BCUT2D eigenvalue weighted by Gasteiger charge is -2.14. The fourth-order valence-corrected chi connectivity index (χ4v) is 1.62. The number of nitrogens with one attached hydrogen (secondary N) is 1. The van der Waals surface area contributed by atoms with Crippen LogP contribution in [0.5, 0.6) is 0 Å². The Morgan fingerprint density at radius 3 is 2.72 bits per heavy atom. The summed E-state index contributed by atoms with van der Waals surface area (Å²) in [7, 11) is 0. The summed E-state index contributed by atoms with van der Waals surface area (Å²) in [5, 5.41) is 22.5. The highest BCUT2D eigenvalue weighted by Gasteiger charge is 2.23. The number of aryl methyl sites for hydroxylation is 1. The van der Waals surface area contributed by atoms with Gasteiger partial charge in [0.05, 0.1) is 17.6 Å². The highest BCUT2D eigenvalue weighted by molar-refractivity contribution is 5.98. The molecule has 0 aromatic heterocycles. The van der Waals surface area contributed by atoms with Gasteiger partial charge in [0.1, 0.15) is 5.56 Å². The number of amides is 1. The third-order valence-corrected chi connectivity index (χ3v) is 2.71. The van der Waals surface area contributed by atoms with Crippen LogP contribution in [0.2, 0.25) is 0 Å². The monoisotopic (exact) mass is 252 g/mol. The molecule has 6 nitrogen and oxygen atoms in total. The number of nitro benzene ring substituents is 1. The highest BCUT2D eigenvalue weighted by Crippen LogP contribution is 2.22. The number of benzene rings is 1. The van der Waals surface area contributed by atoms with Crippen molar-refractivity contribution in [3.63, 3.8) is 0 Å². The number of aliphatic hydroxyl groups is 1. The summed E-state index contributed by atoms with van der Waals surface area (Å²) in [6.07, 6.45) is 0.557. The lowest BCUT2D eigenvalue weighted by molar-refractivity contribution is -0.385. The molecule has 0 spiro atoms. The van der Waals surface area contributed by atoms with Gasteiger partial charge in [0, 0.05) is 5.56 Å². The van der Waals surface area contributed by atoms with Gasteiger partial charge in [-0.25, -0.2) is 0 Å². The van der Waals surface area contributed by atoms with Crippen molar-refractivity contribution in [3.05, 3.63) is 39.4 Å². The molecule has 0 aliphatic carbocycles. The first kappa shape index (κ1) is 14.1. The Balaban J connectivity index is 3.06. The molecule has 1 rings (SSSR count). The van der Waals surface area contributed by atoms with E-state index in [2.05, 4.69) is 5.32 Å². The molecule has 1 aromatic rings. The minimum atomic E-state index is -0.565. The minimum Gasteiger partial charge on any atom is -0.394 e. The highest BCUT2D eigenvalue weighted by atomic mass is 16.6. The van der Waals surface area contributed by atoms with E-state index < -0.39 is 16.9 Å². The second-order valence-electron chi connectivity index (χ2n) is 3.99. The van der Waals surface area contributed by atoms with Crippen LogP contribution in [0.1, 0.15) is 29.3 Å². The molecule has 1 unspecified atom stereocenters. The van der Waals surface area contributed by atoms with Gasteiger partial charge >= 0.3 is 0 Å². The molecule has 6 heteroatoms. The van der Waals surface area contributed by atoms with Crippen LogP contribution in [0.25, 0.3) is 0 Å². The molecule has 18 heavy (non-hydrogen) atoms. The van der Waals surface area contributed by atoms with Gasteiger partial charge in [0.15, 0.2) is 0 Å². The number of nitro groups is 1. The molecular formula is C12H16N2O4. The quantitative estimate of drug-likeness (QED) is 0.612. The Morgan fingerprint density at radius 1 is 1.56 bits per heavy atom. The molecule has 1 aromatic carbocycles. The number of para-hydroxylation sites is 1. The van der Waals surface area contributed by atoms with Crippen molar-refractivity contribution < 1.29 is 14.8 Å². The molecule has 0 fully saturated rings. The summed E-state index contributed by atoms with van der Waals surface area (Å²) in [6, 6.07) is 4.19. The molecule has 0 bridgehead atoms. The number of carbonyl (C=O) groups is 1. The summed E-state index contributed by atoms with van der Waals surface area (Å²) in [6.45, 7) is 3.20. The number of hydrogen-bond acceptors (Lipinski definition) is 4. The second-order valence-corrected chi connectivity index (χ2v) is 3.99. The van der Waals surface area contributed by atoms with Crippen molar-refractivity contribution in [1.29, 1.82) is 0 Å². The molecule has 0 aliphatic rings. The Morgan fingerprint density at radius 2 is 2.22 bits per heavy atom. The van der Waals surface area contributed by atoms with Gasteiger partial charge in [0.2, 0.25) is 0 Å². The van der Waals surface area contributed by atoms with Crippen LogP contribution in [-0.4, -0.2) is 28.6 Å². The molecule has 2 N–H and O–H groups in total. The Kier molecular flexibility index (Phi) is 4.79. The lowest BCUT2D eigenvalue weighted by Crippen LogP contribution is -2.37. The average molecular weight is 252 g/mol. The first-order chi connectivity index (χ1) is 8.51. The van der Waals surface area contributed by atoms with Crippen molar-refractivity contribution in [1.82, 2.24) is 5.32 Å². The fourth-order valence-electron chi connectivity index (χ4n) is 1.62. The van der Waals surface area contributed by atoms with E-state index in [1.54, 1.807) is 19.1 Å². The van der Waals surface area contributed by atoms with Gasteiger partial charge in [-0.05, 0) is 19.4 Å². The van der Waals surface area contributed by atoms with Gasteiger partial charge in [-0.3, -0.25) is 14.9 Å². The smallest absolute Gasteiger partial charge is 0.285 e. The van der Waals surface area contributed by atoms with Gasteiger partial charge in [-0.2, -0.15) is 0 Å². The van der Waals surface area contributed by atoms with E-state index in [9.17, 15) is 14.9 Å². The van der Waals surface area contributed by atoms with E-state index >= 15 is 0 Å². The van der Waals surface area contributed by atoms with Gasteiger partial charge in [0.25, 0.3) is 11.6 Å². The maximum absolute atomic E-state index is 11.9. The predicted octanol–water partition coefficient (Wildman–Crippen LogP) is 1.40. The number of rotatable bonds is 5. The summed E-state index contributed by atoms with van der Waals surface area (Å²) >= 11 is 0. The predicted molar refractivity (Wildman–Crippen MR) is 66.5 cm³/mol. The first-order valence-corrected chi connectivity index (χ1v) is 5.67. The van der Waals surface area contributed by atoms with Crippen LogP contribution in [0.4, 0.5) is 5.69 Å². The SMILES string of the molecule is CCC(CO)NC(=O)c1cccc(C)c1[N+](=O)[O-]. The molecule has 0 radical (unpaired) electrons. The number of carbonyl (C=O) groups excluding carboxylic acids is 1. The average Bonchev–Trinajstić information content (AvgIpc) is 2.34. The second kappa shape index (κ2) is 6.11. The third kappa shape index (κ3) is 3.04. The Bertz CT molecular complexity index is 455. The van der Waals surface area contributed by atoms with Gasteiger partial charge in [-0.15, -0.1) is 0 Å². The van der Waals surface area contributed by atoms with Crippen molar-refractivity contribution in [2.75, 3.05) is 6.61 Å². The Hall–Kier alpha value is -1.95.